The summed E-state index contributed by atoms with van der Waals surface area (Å²) in [6.45, 7) is 6.99. The van der Waals surface area contributed by atoms with Gasteiger partial charge in [-0.1, -0.05) is 0 Å². The summed E-state index contributed by atoms with van der Waals surface area (Å²) in [4.78, 5) is 16.5. The van der Waals surface area contributed by atoms with Crippen molar-refractivity contribution in [2.75, 3.05) is 33.9 Å². The van der Waals surface area contributed by atoms with Gasteiger partial charge < -0.3 is 14.5 Å². The van der Waals surface area contributed by atoms with Gasteiger partial charge in [-0.3, -0.25) is 4.79 Å². The van der Waals surface area contributed by atoms with E-state index in [1.165, 1.54) is 0 Å². The van der Waals surface area contributed by atoms with Gasteiger partial charge in [-0.25, -0.2) is 0 Å². The van der Waals surface area contributed by atoms with Gasteiger partial charge in [-0.15, -0.1) is 0 Å². The lowest BCUT2D eigenvalue weighted by Gasteiger charge is -2.43. The average Bonchev–Trinajstić information content (AvgIpc) is 2.23. The summed E-state index contributed by atoms with van der Waals surface area (Å²) in [6.07, 6.45) is 2.55. The van der Waals surface area contributed by atoms with E-state index in [0.717, 1.165) is 32.5 Å². The average molecular weight is 242 g/mol. The van der Waals surface area contributed by atoms with Crippen LogP contribution in [0.1, 0.15) is 33.1 Å². The van der Waals surface area contributed by atoms with E-state index in [4.69, 9.17) is 4.74 Å². The maximum absolute atomic E-state index is 12.2. The van der Waals surface area contributed by atoms with Crippen LogP contribution in [0.15, 0.2) is 0 Å². The molecule has 0 aromatic rings. The highest BCUT2D eigenvalue weighted by Crippen LogP contribution is 2.16. The van der Waals surface area contributed by atoms with Crippen LogP contribution in [-0.4, -0.2) is 61.6 Å². The van der Waals surface area contributed by atoms with Gasteiger partial charge in [0.05, 0.1) is 0 Å². The van der Waals surface area contributed by atoms with Crippen LogP contribution in [0, 0.1) is 0 Å². The minimum Gasteiger partial charge on any atom is -0.385 e. The van der Waals surface area contributed by atoms with Crippen LogP contribution in [0.25, 0.3) is 0 Å². The van der Waals surface area contributed by atoms with E-state index in [9.17, 15) is 4.79 Å². The summed E-state index contributed by atoms with van der Waals surface area (Å²) in [6, 6.07) is 0.664. The minimum atomic E-state index is 0.300. The highest BCUT2D eigenvalue weighted by Gasteiger charge is 2.30. The number of hydrogen-bond donors (Lipinski definition) is 0. The van der Waals surface area contributed by atoms with Crippen molar-refractivity contribution in [1.29, 1.82) is 0 Å². The molecule has 1 fully saturated rings. The molecule has 0 radical (unpaired) electrons. The molecule has 0 N–H and O–H groups in total. The van der Waals surface area contributed by atoms with Gasteiger partial charge in [-0.05, 0) is 33.7 Å². The maximum Gasteiger partial charge on any atom is 0.223 e. The molecule has 0 bridgehead atoms. The third kappa shape index (κ3) is 4.28. The van der Waals surface area contributed by atoms with Crippen LogP contribution in [0.3, 0.4) is 0 Å². The fraction of sp³-hybridized carbons (Fsp3) is 0.923. The molecule has 1 aliphatic heterocycles. The summed E-state index contributed by atoms with van der Waals surface area (Å²) in [7, 11) is 3.82. The van der Waals surface area contributed by atoms with Crippen molar-refractivity contribution in [3.8, 4) is 0 Å². The number of methoxy groups -OCH3 is 1. The van der Waals surface area contributed by atoms with Crippen LogP contribution in [0.5, 0.6) is 0 Å². The predicted octanol–water partition coefficient (Wildman–Crippen LogP) is 1.35. The molecule has 0 aliphatic carbocycles. The Hall–Kier alpha value is -0.610. The normalized spacial score (nSPS) is 26.2. The molecule has 17 heavy (non-hydrogen) atoms. The summed E-state index contributed by atoms with van der Waals surface area (Å²) >= 11 is 0. The van der Waals surface area contributed by atoms with Crippen molar-refractivity contribution in [3.05, 3.63) is 0 Å². The van der Waals surface area contributed by atoms with Crippen molar-refractivity contribution in [2.45, 2.75) is 45.2 Å². The van der Waals surface area contributed by atoms with Gasteiger partial charge in [0.2, 0.25) is 5.91 Å². The SMILES string of the molecule is COCCCCC(=O)N1[C@H](C)CN(C)C[C@H]1C. The number of amides is 1. The molecule has 1 aliphatic rings. The number of ether oxygens (including phenoxy) is 1. The second kappa shape index (κ2) is 6.97. The molecule has 1 amide bonds. The Balaban J connectivity index is 2.39. The molecule has 0 unspecified atom stereocenters. The van der Waals surface area contributed by atoms with Gasteiger partial charge in [0, 0.05) is 45.3 Å². The van der Waals surface area contributed by atoms with Crippen molar-refractivity contribution in [3.63, 3.8) is 0 Å². The Kier molecular flexibility index (Phi) is 5.92. The zero-order valence-corrected chi connectivity index (χ0v) is 11.6. The Morgan fingerprint density at radius 1 is 1.24 bits per heavy atom. The molecule has 100 valence electrons. The third-order valence-corrected chi connectivity index (χ3v) is 3.38. The number of carbonyl (C=O) groups excluding carboxylic acids is 1. The smallest absolute Gasteiger partial charge is 0.223 e. The second-order valence-electron chi connectivity index (χ2n) is 5.17. The molecule has 1 saturated heterocycles. The van der Waals surface area contributed by atoms with Gasteiger partial charge in [-0.2, -0.15) is 0 Å². The molecule has 4 nitrogen and oxygen atoms in total. The monoisotopic (exact) mass is 242 g/mol. The Morgan fingerprint density at radius 2 is 1.82 bits per heavy atom. The Bertz CT molecular complexity index is 234. The number of likely N-dealkylation sites (N-methyl/N-ethyl adjacent to an activating group) is 1. The third-order valence-electron chi connectivity index (χ3n) is 3.38. The number of rotatable bonds is 5. The first-order valence-corrected chi connectivity index (χ1v) is 6.55. The van der Waals surface area contributed by atoms with E-state index in [2.05, 4.69) is 30.7 Å². The quantitative estimate of drug-likeness (QED) is 0.682. The summed E-state index contributed by atoms with van der Waals surface area (Å²) in [5, 5.41) is 0. The lowest BCUT2D eigenvalue weighted by atomic mass is 10.1. The molecule has 1 rings (SSSR count). The zero-order chi connectivity index (χ0) is 12.8. The first kappa shape index (κ1) is 14.5. The highest BCUT2D eigenvalue weighted by atomic mass is 16.5. The number of carbonyl (C=O) groups is 1. The van der Waals surface area contributed by atoms with E-state index < -0.39 is 0 Å². The number of piperazine rings is 1. The van der Waals surface area contributed by atoms with E-state index >= 15 is 0 Å². The predicted molar refractivity (Wildman–Crippen MR) is 69.0 cm³/mol. The van der Waals surface area contributed by atoms with E-state index in [1.807, 2.05) is 0 Å². The van der Waals surface area contributed by atoms with Crippen LogP contribution in [0.2, 0.25) is 0 Å². The summed E-state index contributed by atoms with van der Waals surface area (Å²) < 4.78 is 4.99. The van der Waals surface area contributed by atoms with Crippen molar-refractivity contribution in [1.82, 2.24) is 9.80 Å². The lowest BCUT2D eigenvalue weighted by Crippen LogP contribution is -2.57. The van der Waals surface area contributed by atoms with Crippen molar-refractivity contribution >= 4 is 5.91 Å². The van der Waals surface area contributed by atoms with Gasteiger partial charge in [0.15, 0.2) is 0 Å². The summed E-state index contributed by atoms with van der Waals surface area (Å²) in [5.74, 6) is 0.300. The van der Waals surface area contributed by atoms with Gasteiger partial charge >= 0.3 is 0 Å². The largest absolute Gasteiger partial charge is 0.385 e. The maximum atomic E-state index is 12.2. The van der Waals surface area contributed by atoms with E-state index in [-0.39, 0.29) is 0 Å². The van der Waals surface area contributed by atoms with Crippen molar-refractivity contribution in [2.24, 2.45) is 0 Å². The number of unbranched alkanes of at least 4 members (excludes halogenated alkanes) is 1. The fourth-order valence-corrected chi connectivity index (χ4v) is 2.73. The molecule has 0 spiro atoms. The van der Waals surface area contributed by atoms with Crippen LogP contribution >= 0.6 is 0 Å². The molecular weight excluding hydrogens is 216 g/mol. The van der Waals surface area contributed by atoms with Crippen LogP contribution in [0.4, 0.5) is 0 Å². The first-order valence-electron chi connectivity index (χ1n) is 6.55. The number of nitrogens with zero attached hydrogens (tertiary/aromatic N) is 2. The van der Waals surface area contributed by atoms with Gasteiger partial charge in [0.25, 0.3) is 0 Å². The second-order valence-corrected chi connectivity index (χ2v) is 5.17. The van der Waals surface area contributed by atoms with Crippen LogP contribution in [-0.2, 0) is 9.53 Å². The molecule has 0 aromatic heterocycles. The van der Waals surface area contributed by atoms with E-state index in [0.29, 0.717) is 24.4 Å². The minimum absolute atomic E-state index is 0.300. The summed E-state index contributed by atoms with van der Waals surface area (Å²) in [5.41, 5.74) is 0. The highest BCUT2D eigenvalue weighted by molar-refractivity contribution is 5.77. The van der Waals surface area contributed by atoms with E-state index in [1.54, 1.807) is 7.11 Å². The zero-order valence-electron chi connectivity index (χ0n) is 11.6. The topological polar surface area (TPSA) is 32.8 Å². The van der Waals surface area contributed by atoms with Gasteiger partial charge in [0.1, 0.15) is 0 Å². The molecule has 4 heteroatoms. The standard InChI is InChI=1S/C13H26N2O2/c1-11-9-14(3)10-12(2)15(11)13(16)7-5-6-8-17-4/h11-12H,5-10H2,1-4H3/t11-,12-/m1/s1. The fourth-order valence-electron chi connectivity index (χ4n) is 2.73. The molecular formula is C13H26N2O2. The molecule has 0 aromatic carbocycles. The van der Waals surface area contributed by atoms with Crippen molar-refractivity contribution < 1.29 is 9.53 Å². The Labute approximate surface area is 105 Å². The first-order chi connectivity index (χ1) is 8.06. The molecule has 2 atom stereocenters. The number of hydrogen-bond acceptors (Lipinski definition) is 3. The molecule has 1 heterocycles. The van der Waals surface area contributed by atoms with Crippen LogP contribution < -0.4 is 0 Å². The Morgan fingerprint density at radius 3 is 2.35 bits per heavy atom. The molecule has 0 saturated carbocycles. The lowest BCUT2D eigenvalue weighted by molar-refractivity contribution is -0.138.